The second-order valence-corrected chi connectivity index (χ2v) is 11.2. The van der Waals surface area contributed by atoms with E-state index in [0.29, 0.717) is 17.7 Å². The molecule has 0 unspecified atom stereocenters. The van der Waals surface area contributed by atoms with E-state index in [4.69, 9.17) is 9.15 Å². The summed E-state index contributed by atoms with van der Waals surface area (Å²) in [5.74, 6) is 1.69. The van der Waals surface area contributed by atoms with Gasteiger partial charge in [0, 0.05) is 17.4 Å². The van der Waals surface area contributed by atoms with E-state index in [1.165, 1.54) is 13.0 Å². The van der Waals surface area contributed by atoms with Gasteiger partial charge in [-0.3, -0.25) is 4.79 Å². The van der Waals surface area contributed by atoms with Gasteiger partial charge < -0.3 is 13.6 Å². The van der Waals surface area contributed by atoms with E-state index in [2.05, 4.69) is 72.9 Å². The molecule has 2 aromatic carbocycles. The van der Waals surface area contributed by atoms with Crippen LogP contribution in [0.2, 0.25) is 0 Å². The summed E-state index contributed by atoms with van der Waals surface area (Å²) in [6.45, 7) is 14.0. The van der Waals surface area contributed by atoms with Crippen LogP contribution >= 0.6 is 45.2 Å². The highest BCUT2D eigenvalue weighted by atomic mass is 127. The lowest BCUT2D eigenvalue weighted by molar-refractivity contribution is -0.924. The molecule has 1 aromatic heterocycles. The standard InChI is InChI=1S/C28H36I2NO3/c1-5-9-13-25-26(21-12-10-11-14-24(21)34-25)27(32)20-18-22(29)28(23(30)19-20)33-17-16-31(7-3,8-4)15-6-2/h10-12,14,18-19H,5-9,13,15-17H2,1-4H3/q+1. The number of benzene rings is 2. The molecule has 3 aromatic rings. The highest BCUT2D eigenvalue weighted by molar-refractivity contribution is 14.1. The number of carbonyl (C=O) groups excluding carboxylic acids is 1. The lowest BCUT2D eigenvalue weighted by Gasteiger charge is -2.36. The molecule has 0 fully saturated rings. The number of unbranched alkanes of at least 4 members (excludes halogenated alkanes) is 1. The minimum atomic E-state index is 0.0223. The topological polar surface area (TPSA) is 39.4 Å². The minimum absolute atomic E-state index is 0.0223. The maximum atomic E-state index is 13.7. The number of halogens is 2. The van der Waals surface area contributed by atoms with E-state index in [1.54, 1.807) is 0 Å². The number of rotatable bonds is 13. The van der Waals surface area contributed by atoms with Crippen LogP contribution in [-0.4, -0.2) is 43.1 Å². The van der Waals surface area contributed by atoms with Crippen molar-refractivity contribution in [3.63, 3.8) is 0 Å². The van der Waals surface area contributed by atoms with Crippen molar-refractivity contribution in [3.05, 3.63) is 60.4 Å². The van der Waals surface area contributed by atoms with Gasteiger partial charge in [0.1, 0.15) is 30.2 Å². The average molecular weight is 688 g/mol. The van der Waals surface area contributed by atoms with Crippen LogP contribution in [0.5, 0.6) is 5.75 Å². The first kappa shape index (κ1) is 27.5. The molecule has 4 nitrogen and oxygen atoms in total. The first-order valence-electron chi connectivity index (χ1n) is 12.4. The zero-order valence-electron chi connectivity index (χ0n) is 20.8. The Balaban J connectivity index is 1.86. The van der Waals surface area contributed by atoms with Crippen LogP contribution < -0.4 is 4.74 Å². The third kappa shape index (κ3) is 6.16. The molecule has 0 aliphatic heterocycles. The Morgan fingerprint density at radius 1 is 0.971 bits per heavy atom. The molecule has 0 saturated heterocycles. The van der Waals surface area contributed by atoms with E-state index in [9.17, 15) is 4.79 Å². The molecule has 0 bridgehead atoms. The fraction of sp³-hybridized carbons (Fsp3) is 0.464. The van der Waals surface area contributed by atoms with Crippen molar-refractivity contribution in [3.8, 4) is 5.75 Å². The summed E-state index contributed by atoms with van der Waals surface area (Å²) in [4.78, 5) is 13.7. The maximum absolute atomic E-state index is 13.7. The van der Waals surface area contributed by atoms with Gasteiger partial charge in [0.05, 0.1) is 32.3 Å². The summed E-state index contributed by atoms with van der Waals surface area (Å²) in [5.41, 5.74) is 2.17. The summed E-state index contributed by atoms with van der Waals surface area (Å²) in [5, 5.41) is 0.896. The second-order valence-electron chi connectivity index (χ2n) is 8.87. The van der Waals surface area contributed by atoms with Gasteiger partial charge in [-0.25, -0.2) is 0 Å². The van der Waals surface area contributed by atoms with Crippen LogP contribution in [-0.2, 0) is 6.42 Å². The fourth-order valence-corrected chi connectivity index (χ4v) is 6.69. The molecule has 0 atom stereocenters. The number of hydrogen-bond acceptors (Lipinski definition) is 3. The van der Waals surface area contributed by atoms with Crippen LogP contribution in [0.4, 0.5) is 0 Å². The van der Waals surface area contributed by atoms with Crippen molar-refractivity contribution in [1.29, 1.82) is 0 Å². The molecule has 0 spiro atoms. The van der Waals surface area contributed by atoms with Crippen molar-refractivity contribution in [2.75, 3.05) is 32.8 Å². The molecule has 0 radical (unpaired) electrons. The first-order chi connectivity index (χ1) is 16.4. The van der Waals surface area contributed by atoms with Crippen molar-refractivity contribution < 1.29 is 18.4 Å². The Labute approximate surface area is 231 Å². The molecular weight excluding hydrogens is 652 g/mol. The van der Waals surface area contributed by atoms with E-state index in [-0.39, 0.29) is 5.78 Å². The highest BCUT2D eigenvalue weighted by Crippen LogP contribution is 2.33. The Bertz CT molecular complexity index is 1100. The summed E-state index contributed by atoms with van der Waals surface area (Å²) < 4.78 is 15.4. The lowest BCUT2D eigenvalue weighted by atomic mass is 9.98. The molecule has 3 rings (SSSR count). The van der Waals surface area contributed by atoms with Gasteiger partial charge in [0.2, 0.25) is 0 Å². The van der Waals surface area contributed by atoms with Gasteiger partial charge in [0.25, 0.3) is 0 Å². The van der Waals surface area contributed by atoms with Crippen LogP contribution in [0.1, 0.15) is 68.6 Å². The molecule has 34 heavy (non-hydrogen) atoms. The van der Waals surface area contributed by atoms with Crippen LogP contribution in [0, 0.1) is 7.14 Å². The molecule has 0 saturated carbocycles. The number of nitrogens with zero attached hydrogens (tertiary/aromatic N) is 1. The van der Waals surface area contributed by atoms with E-state index < -0.39 is 0 Å². The Morgan fingerprint density at radius 3 is 2.26 bits per heavy atom. The molecule has 0 aliphatic carbocycles. The predicted molar refractivity (Wildman–Crippen MR) is 157 cm³/mol. The molecule has 6 heteroatoms. The Hall–Kier alpha value is -1.13. The van der Waals surface area contributed by atoms with Crippen molar-refractivity contribution in [1.82, 2.24) is 0 Å². The Kier molecular flexibility index (Phi) is 10.3. The fourth-order valence-electron chi connectivity index (χ4n) is 4.62. The number of furan rings is 1. The maximum Gasteiger partial charge on any atom is 0.197 e. The number of quaternary nitrogens is 1. The lowest BCUT2D eigenvalue weighted by Crippen LogP contribution is -2.50. The van der Waals surface area contributed by atoms with Crippen molar-refractivity contribution >= 4 is 61.9 Å². The normalized spacial score (nSPS) is 11.8. The molecule has 0 N–H and O–H groups in total. The Morgan fingerprint density at radius 2 is 1.65 bits per heavy atom. The number of hydrogen-bond donors (Lipinski definition) is 0. The van der Waals surface area contributed by atoms with Crippen molar-refractivity contribution in [2.24, 2.45) is 0 Å². The summed E-state index contributed by atoms with van der Waals surface area (Å²) in [7, 11) is 0. The SMILES string of the molecule is CCCCc1oc2ccccc2c1C(=O)c1cc(I)c(OCC[N+](CC)(CC)CCC)c(I)c1. The monoisotopic (exact) mass is 688 g/mol. The van der Waals surface area contributed by atoms with Crippen LogP contribution in [0.3, 0.4) is 0 Å². The molecule has 0 amide bonds. The third-order valence-corrected chi connectivity index (χ3v) is 8.37. The first-order valence-corrected chi connectivity index (χ1v) is 14.6. The third-order valence-electron chi connectivity index (χ3n) is 6.76. The molecule has 0 aliphatic rings. The van der Waals surface area contributed by atoms with Gasteiger partial charge in [0.15, 0.2) is 5.78 Å². The number of ketones is 1. The van der Waals surface area contributed by atoms with Crippen molar-refractivity contribution in [2.45, 2.75) is 53.4 Å². The molecule has 1 heterocycles. The largest absolute Gasteiger partial charge is 0.485 e. The number of ether oxygens (including phenoxy) is 1. The number of likely N-dealkylation sites (N-methyl/N-ethyl adjacent to an activating group) is 1. The summed E-state index contributed by atoms with van der Waals surface area (Å²) >= 11 is 4.60. The zero-order chi connectivity index (χ0) is 24.7. The van der Waals surface area contributed by atoms with Gasteiger partial charge in [-0.1, -0.05) is 38.5 Å². The van der Waals surface area contributed by atoms with E-state index in [1.807, 2.05) is 36.4 Å². The second kappa shape index (κ2) is 12.7. The average Bonchev–Trinajstić information content (AvgIpc) is 3.21. The number of carbonyl (C=O) groups is 1. The number of para-hydroxylation sites is 1. The summed E-state index contributed by atoms with van der Waals surface area (Å²) in [6.07, 6.45) is 4.00. The van der Waals surface area contributed by atoms with Gasteiger partial charge in [-0.2, -0.15) is 0 Å². The van der Waals surface area contributed by atoms with E-state index >= 15 is 0 Å². The van der Waals surface area contributed by atoms with Gasteiger partial charge in [-0.05, 0) is 90.1 Å². The summed E-state index contributed by atoms with van der Waals surface area (Å²) in [6, 6.07) is 11.8. The van der Waals surface area contributed by atoms with Crippen LogP contribution in [0.25, 0.3) is 11.0 Å². The van der Waals surface area contributed by atoms with Gasteiger partial charge in [-0.15, -0.1) is 0 Å². The zero-order valence-corrected chi connectivity index (χ0v) is 25.1. The predicted octanol–water partition coefficient (Wildman–Crippen LogP) is 7.86. The van der Waals surface area contributed by atoms with Gasteiger partial charge >= 0.3 is 0 Å². The van der Waals surface area contributed by atoms with E-state index in [0.717, 1.165) is 73.0 Å². The quantitative estimate of drug-likeness (QED) is 0.104. The minimum Gasteiger partial charge on any atom is -0.485 e. The number of fused-ring (bicyclic) bond motifs is 1. The highest BCUT2D eigenvalue weighted by Gasteiger charge is 2.25. The molecule has 184 valence electrons. The number of aryl methyl sites for hydroxylation is 1. The smallest absolute Gasteiger partial charge is 0.197 e. The van der Waals surface area contributed by atoms with Crippen LogP contribution in [0.15, 0.2) is 40.8 Å². The molecular formula is C28H36I2NO3+.